The van der Waals surface area contributed by atoms with Gasteiger partial charge in [-0.2, -0.15) is 0 Å². The molecule has 1 aromatic heterocycles. The van der Waals surface area contributed by atoms with Crippen LogP contribution in [0.1, 0.15) is 11.1 Å². The maximum Gasteiger partial charge on any atom is 0.178 e. The molecule has 2 nitrogen and oxygen atoms in total. The lowest BCUT2D eigenvalue weighted by molar-refractivity contribution is 0.810. The lowest BCUT2D eigenvalue weighted by atomic mass is 10.2. The molecular weight excluding hydrogens is 276 g/mol. The molecular formula is C15H13ClN2S. The molecule has 0 fully saturated rings. The molecule has 0 saturated heterocycles. The molecule has 3 aromatic rings. The fourth-order valence-electron chi connectivity index (χ4n) is 2.21. The van der Waals surface area contributed by atoms with E-state index in [0.717, 1.165) is 27.4 Å². The standard InChI is InChI=1S/C15H13ClN2S/c1-10-2-7-14-13(8-10)17-15(19)18(14)9-11-3-5-12(16)6-4-11/h2-8H,9H2,1H3,(H,17,19). The van der Waals surface area contributed by atoms with Gasteiger partial charge in [0.1, 0.15) is 0 Å². The molecule has 0 aliphatic rings. The summed E-state index contributed by atoms with van der Waals surface area (Å²) in [5.41, 5.74) is 4.62. The second-order valence-electron chi connectivity index (χ2n) is 4.66. The molecule has 0 spiro atoms. The Morgan fingerprint density at radius 2 is 1.89 bits per heavy atom. The van der Waals surface area contributed by atoms with Crippen molar-refractivity contribution in [2.45, 2.75) is 13.5 Å². The van der Waals surface area contributed by atoms with E-state index in [2.05, 4.69) is 34.7 Å². The summed E-state index contributed by atoms with van der Waals surface area (Å²) in [6.45, 7) is 2.83. The van der Waals surface area contributed by atoms with Gasteiger partial charge in [0.15, 0.2) is 4.77 Å². The Morgan fingerprint density at radius 3 is 2.63 bits per heavy atom. The van der Waals surface area contributed by atoms with Crippen molar-refractivity contribution < 1.29 is 0 Å². The number of imidazole rings is 1. The highest BCUT2D eigenvalue weighted by molar-refractivity contribution is 7.71. The number of fused-ring (bicyclic) bond motifs is 1. The fourth-order valence-corrected chi connectivity index (χ4v) is 2.61. The number of rotatable bonds is 2. The molecule has 3 rings (SSSR count). The van der Waals surface area contributed by atoms with Crippen LogP contribution in [0.5, 0.6) is 0 Å². The van der Waals surface area contributed by atoms with Crippen molar-refractivity contribution in [1.29, 1.82) is 0 Å². The van der Waals surface area contributed by atoms with E-state index in [1.54, 1.807) is 0 Å². The van der Waals surface area contributed by atoms with Gasteiger partial charge in [-0.15, -0.1) is 0 Å². The van der Waals surface area contributed by atoms with Crippen LogP contribution in [0.15, 0.2) is 42.5 Å². The van der Waals surface area contributed by atoms with Crippen LogP contribution in [-0.4, -0.2) is 9.55 Å². The maximum absolute atomic E-state index is 5.90. The predicted octanol–water partition coefficient (Wildman–Crippen LogP) is 4.71. The van der Waals surface area contributed by atoms with E-state index in [-0.39, 0.29) is 0 Å². The summed E-state index contributed by atoms with van der Waals surface area (Å²) in [5, 5.41) is 0.752. The number of hydrogen-bond acceptors (Lipinski definition) is 1. The molecule has 19 heavy (non-hydrogen) atoms. The van der Waals surface area contributed by atoms with Gasteiger partial charge in [0, 0.05) is 5.02 Å². The molecule has 2 aromatic carbocycles. The Morgan fingerprint density at radius 1 is 1.16 bits per heavy atom. The third kappa shape index (κ3) is 2.44. The second-order valence-corrected chi connectivity index (χ2v) is 5.49. The molecule has 0 aliphatic heterocycles. The van der Waals surface area contributed by atoms with Gasteiger partial charge in [-0.25, -0.2) is 0 Å². The number of halogens is 1. The first-order chi connectivity index (χ1) is 9.13. The lowest BCUT2D eigenvalue weighted by Gasteiger charge is -2.05. The number of H-pyrrole nitrogens is 1. The van der Waals surface area contributed by atoms with E-state index in [1.165, 1.54) is 11.1 Å². The Kier molecular flexibility index (Phi) is 3.17. The van der Waals surface area contributed by atoms with Crippen LogP contribution >= 0.6 is 23.8 Å². The van der Waals surface area contributed by atoms with Gasteiger partial charge in [-0.3, -0.25) is 0 Å². The van der Waals surface area contributed by atoms with Crippen LogP contribution in [0.3, 0.4) is 0 Å². The van der Waals surface area contributed by atoms with Crippen LogP contribution in [0.2, 0.25) is 5.02 Å². The monoisotopic (exact) mass is 288 g/mol. The normalized spacial score (nSPS) is 11.1. The Bertz CT molecular complexity index is 784. The summed E-state index contributed by atoms with van der Waals surface area (Å²) < 4.78 is 2.85. The minimum absolute atomic E-state index is 0.746. The second kappa shape index (κ2) is 4.83. The van der Waals surface area contributed by atoms with Crippen LogP contribution in [0, 0.1) is 11.7 Å². The van der Waals surface area contributed by atoms with E-state index in [9.17, 15) is 0 Å². The highest BCUT2D eigenvalue weighted by Gasteiger charge is 2.05. The third-order valence-corrected chi connectivity index (χ3v) is 3.76. The van der Waals surface area contributed by atoms with Crippen LogP contribution in [-0.2, 0) is 6.54 Å². The molecule has 0 aliphatic carbocycles. The van der Waals surface area contributed by atoms with Crippen molar-refractivity contribution in [3.63, 3.8) is 0 Å². The predicted molar refractivity (Wildman–Crippen MR) is 82.4 cm³/mol. The topological polar surface area (TPSA) is 20.7 Å². The first kappa shape index (κ1) is 12.5. The van der Waals surface area contributed by atoms with Crippen molar-refractivity contribution in [3.05, 3.63) is 63.4 Å². The first-order valence-electron chi connectivity index (χ1n) is 6.07. The SMILES string of the molecule is Cc1ccc2c(c1)[nH]c(=S)n2Cc1ccc(Cl)cc1. The zero-order valence-corrected chi connectivity index (χ0v) is 12.1. The number of aryl methyl sites for hydroxylation is 1. The summed E-state index contributed by atoms with van der Waals surface area (Å²) >= 11 is 11.3. The number of nitrogens with one attached hydrogen (secondary N) is 1. The van der Waals surface area contributed by atoms with Gasteiger partial charge < -0.3 is 9.55 Å². The smallest absolute Gasteiger partial charge is 0.178 e. The minimum Gasteiger partial charge on any atom is -0.331 e. The van der Waals surface area contributed by atoms with Crippen LogP contribution in [0.25, 0.3) is 11.0 Å². The van der Waals surface area contributed by atoms with E-state index in [1.807, 2.05) is 24.3 Å². The quantitative estimate of drug-likeness (QED) is 0.677. The fraction of sp³-hybridized carbons (Fsp3) is 0.133. The number of hydrogen-bond donors (Lipinski definition) is 1. The Labute approximate surface area is 121 Å². The minimum atomic E-state index is 0.746. The van der Waals surface area contributed by atoms with Gasteiger partial charge in [0.2, 0.25) is 0 Å². The highest BCUT2D eigenvalue weighted by Crippen LogP contribution is 2.18. The summed E-state index contributed by atoms with van der Waals surface area (Å²) in [6, 6.07) is 14.2. The Balaban J connectivity index is 2.07. The van der Waals surface area contributed by atoms with Crippen molar-refractivity contribution in [2.75, 3.05) is 0 Å². The number of nitrogens with zero attached hydrogens (tertiary/aromatic N) is 1. The molecule has 96 valence electrons. The molecule has 0 saturated carbocycles. The molecule has 4 heteroatoms. The van der Waals surface area contributed by atoms with E-state index >= 15 is 0 Å². The zero-order chi connectivity index (χ0) is 13.4. The molecule has 1 N–H and O–H groups in total. The van der Waals surface area contributed by atoms with Crippen molar-refractivity contribution in [2.24, 2.45) is 0 Å². The van der Waals surface area contributed by atoms with Gasteiger partial charge in [0.25, 0.3) is 0 Å². The number of aromatic nitrogens is 2. The molecule has 0 unspecified atom stereocenters. The van der Waals surface area contributed by atoms with Crippen molar-refractivity contribution in [1.82, 2.24) is 9.55 Å². The third-order valence-electron chi connectivity index (χ3n) is 3.18. The highest BCUT2D eigenvalue weighted by atomic mass is 35.5. The molecule has 0 radical (unpaired) electrons. The Hall–Kier alpha value is -1.58. The first-order valence-corrected chi connectivity index (χ1v) is 6.86. The number of aromatic amines is 1. The van der Waals surface area contributed by atoms with Gasteiger partial charge in [0.05, 0.1) is 17.6 Å². The van der Waals surface area contributed by atoms with Crippen molar-refractivity contribution >= 4 is 34.9 Å². The molecule has 1 heterocycles. The maximum atomic E-state index is 5.90. The van der Waals surface area contributed by atoms with Crippen LogP contribution in [0.4, 0.5) is 0 Å². The average Bonchev–Trinajstić information content (AvgIpc) is 2.68. The molecule has 0 bridgehead atoms. The summed E-state index contributed by atoms with van der Waals surface area (Å²) in [5.74, 6) is 0. The van der Waals surface area contributed by atoms with Gasteiger partial charge >= 0.3 is 0 Å². The summed E-state index contributed by atoms with van der Waals surface area (Å²) in [6.07, 6.45) is 0. The summed E-state index contributed by atoms with van der Waals surface area (Å²) in [4.78, 5) is 3.25. The lowest BCUT2D eigenvalue weighted by Crippen LogP contribution is -1.99. The van der Waals surface area contributed by atoms with Gasteiger partial charge in [-0.1, -0.05) is 29.8 Å². The van der Waals surface area contributed by atoms with E-state index < -0.39 is 0 Å². The van der Waals surface area contributed by atoms with E-state index in [0.29, 0.717) is 0 Å². The van der Waals surface area contributed by atoms with Crippen LogP contribution < -0.4 is 0 Å². The number of benzene rings is 2. The molecule has 0 amide bonds. The van der Waals surface area contributed by atoms with Crippen molar-refractivity contribution in [3.8, 4) is 0 Å². The zero-order valence-electron chi connectivity index (χ0n) is 10.5. The molecule has 0 atom stereocenters. The van der Waals surface area contributed by atoms with Gasteiger partial charge in [-0.05, 0) is 54.5 Å². The largest absolute Gasteiger partial charge is 0.331 e. The van der Waals surface area contributed by atoms with E-state index in [4.69, 9.17) is 23.8 Å². The summed E-state index contributed by atoms with van der Waals surface area (Å²) in [7, 11) is 0. The average molecular weight is 289 g/mol.